The molecule has 0 amide bonds. The lowest BCUT2D eigenvalue weighted by molar-refractivity contribution is -0.212. The lowest BCUT2D eigenvalue weighted by Crippen LogP contribution is -2.67. The van der Waals surface area contributed by atoms with Crippen LogP contribution < -0.4 is 0 Å². The molecule has 7 atom stereocenters. The first kappa shape index (κ1) is 16.5. The van der Waals surface area contributed by atoms with E-state index >= 15 is 0 Å². The maximum absolute atomic E-state index is 13.2. The second-order valence-corrected chi connectivity index (χ2v) is 9.65. The minimum atomic E-state index is -1.14. The molecule has 0 radical (unpaired) electrons. The molecular weight excluding hydrogens is 304 g/mol. The number of rotatable bonds is 0. The molecule has 4 aliphatic rings. The van der Waals surface area contributed by atoms with Crippen molar-refractivity contribution in [2.24, 2.45) is 34.0 Å². The molecule has 4 aliphatic carbocycles. The number of carbonyl (C=O) groups excluding carboxylic acids is 2. The minimum Gasteiger partial charge on any atom is -0.393 e. The topological polar surface area (TPSA) is 74.6 Å². The second kappa shape index (κ2) is 4.59. The van der Waals surface area contributed by atoms with Crippen molar-refractivity contribution >= 4 is 11.6 Å². The van der Waals surface area contributed by atoms with Crippen molar-refractivity contribution in [2.75, 3.05) is 0 Å². The van der Waals surface area contributed by atoms with Gasteiger partial charge < -0.3 is 10.2 Å². The quantitative estimate of drug-likeness (QED) is 0.667. The smallest absolute Gasteiger partial charge is 0.168 e. The highest BCUT2D eigenvalue weighted by molar-refractivity contribution is 6.07. The van der Waals surface area contributed by atoms with Gasteiger partial charge in [0.25, 0.3) is 0 Å². The summed E-state index contributed by atoms with van der Waals surface area (Å²) in [5.41, 5.74) is -1.31. The first-order valence-electron chi connectivity index (χ1n) is 9.20. The third-order valence-electron chi connectivity index (χ3n) is 7.98. The molecule has 4 nitrogen and oxygen atoms in total. The van der Waals surface area contributed by atoms with Crippen molar-refractivity contribution in [3.05, 3.63) is 12.2 Å². The SMILES string of the molecule is C=C1C(=O)[C@@]23CC(=O)[C@@H]4C(C)(C)CCC[C@@]4(C)[C@@H]2[C@H](O)C[C@@H]1[C@H]3O. The molecule has 2 bridgehead atoms. The summed E-state index contributed by atoms with van der Waals surface area (Å²) in [5.74, 6) is -0.987. The van der Waals surface area contributed by atoms with E-state index in [0.29, 0.717) is 12.0 Å². The normalized spacial score (nSPS) is 52.9. The summed E-state index contributed by atoms with van der Waals surface area (Å²) in [6.45, 7) is 10.2. The molecule has 0 aromatic rings. The molecule has 4 fully saturated rings. The van der Waals surface area contributed by atoms with Crippen molar-refractivity contribution in [3.63, 3.8) is 0 Å². The maximum atomic E-state index is 13.2. The highest BCUT2D eigenvalue weighted by Crippen LogP contribution is 2.70. The summed E-state index contributed by atoms with van der Waals surface area (Å²) in [5, 5.41) is 21.9. The van der Waals surface area contributed by atoms with Crippen LogP contribution in [0.15, 0.2) is 12.2 Å². The second-order valence-electron chi connectivity index (χ2n) is 9.65. The van der Waals surface area contributed by atoms with Crippen LogP contribution in [0.2, 0.25) is 0 Å². The summed E-state index contributed by atoms with van der Waals surface area (Å²) in [7, 11) is 0. The molecule has 0 heterocycles. The van der Waals surface area contributed by atoms with E-state index in [0.717, 1.165) is 19.3 Å². The number of carbonyl (C=O) groups is 2. The Kier molecular flexibility index (Phi) is 3.15. The fourth-order valence-corrected chi connectivity index (χ4v) is 7.45. The number of aliphatic hydroxyl groups excluding tert-OH is 2. The van der Waals surface area contributed by atoms with Gasteiger partial charge in [-0.05, 0) is 35.7 Å². The van der Waals surface area contributed by atoms with Crippen LogP contribution in [-0.2, 0) is 9.59 Å². The lowest BCUT2D eigenvalue weighted by atomic mass is 9.39. The van der Waals surface area contributed by atoms with Crippen molar-refractivity contribution in [2.45, 2.75) is 65.1 Å². The van der Waals surface area contributed by atoms with E-state index in [1.54, 1.807) is 0 Å². The predicted molar refractivity (Wildman–Crippen MR) is 89.0 cm³/mol. The van der Waals surface area contributed by atoms with Crippen LogP contribution in [0.25, 0.3) is 0 Å². The molecule has 2 N–H and O–H groups in total. The van der Waals surface area contributed by atoms with Gasteiger partial charge in [0, 0.05) is 24.2 Å². The summed E-state index contributed by atoms with van der Waals surface area (Å²) in [4.78, 5) is 26.3. The van der Waals surface area contributed by atoms with Gasteiger partial charge in [-0.25, -0.2) is 0 Å². The standard InChI is InChI=1S/C20H28O4/c1-10-11-8-12(21)15-19(4)7-5-6-18(2,3)14(19)13(22)9-20(15,16(10)23)17(11)24/h11-12,14-15,17,21,24H,1,5-9H2,2-4H3/t11-,12+,14+,15-,17+,19+,20+/m0/s1. The summed E-state index contributed by atoms with van der Waals surface area (Å²) in [6.07, 6.45) is 1.71. The van der Waals surface area contributed by atoms with Gasteiger partial charge in [-0.15, -0.1) is 0 Å². The Labute approximate surface area is 143 Å². The maximum Gasteiger partial charge on any atom is 0.168 e. The van der Waals surface area contributed by atoms with Gasteiger partial charge in [-0.3, -0.25) is 9.59 Å². The number of hydrogen-bond acceptors (Lipinski definition) is 4. The molecular formula is C20H28O4. The van der Waals surface area contributed by atoms with Crippen LogP contribution in [0, 0.1) is 34.0 Å². The average Bonchev–Trinajstić information content (AvgIpc) is 2.57. The van der Waals surface area contributed by atoms with Crippen molar-refractivity contribution in [1.82, 2.24) is 0 Å². The number of Topliss-reactive ketones (excluding diaryl/α,β-unsaturated/α-hetero) is 2. The van der Waals surface area contributed by atoms with E-state index in [1.165, 1.54) is 0 Å². The van der Waals surface area contributed by atoms with Crippen LogP contribution in [0.5, 0.6) is 0 Å². The molecule has 0 aromatic heterocycles. The Morgan fingerprint density at radius 3 is 2.46 bits per heavy atom. The Bertz CT molecular complexity index is 650. The Hall–Kier alpha value is -1.00. The largest absolute Gasteiger partial charge is 0.393 e. The lowest BCUT2D eigenvalue weighted by Gasteiger charge is -2.63. The molecule has 0 unspecified atom stereocenters. The number of aliphatic hydroxyl groups is 2. The van der Waals surface area contributed by atoms with Crippen LogP contribution in [0.1, 0.15) is 52.9 Å². The van der Waals surface area contributed by atoms with E-state index < -0.39 is 29.0 Å². The third kappa shape index (κ3) is 1.62. The van der Waals surface area contributed by atoms with Crippen LogP contribution in [-0.4, -0.2) is 34.0 Å². The molecule has 0 aliphatic heterocycles. The Balaban J connectivity index is 1.93. The Morgan fingerprint density at radius 1 is 1.12 bits per heavy atom. The molecule has 1 spiro atoms. The van der Waals surface area contributed by atoms with E-state index in [2.05, 4.69) is 27.4 Å². The highest BCUT2D eigenvalue weighted by atomic mass is 16.3. The molecule has 0 saturated heterocycles. The van der Waals surface area contributed by atoms with Crippen molar-refractivity contribution in [3.8, 4) is 0 Å². The van der Waals surface area contributed by atoms with E-state index in [-0.39, 0.29) is 35.2 Å². The fourth-order valence-electron chi connectivity index (χ4n) is 7.45. The van der Waals surface area contributed by atoms with Gasteiger partial charge in [0.05, 0.1) is 17.6 Å². The molecule has 4 saturated carbocycles. The van der Waals surface area contributed by atoms with Gasteiger partial charge in [0.1, 0.15) is 5.78 Å². The summed E-state index contributed by atoms with van der Waals surface area (Å²) in [6, 6.07) is 0. The molecule has 132 valence electrons. The fraction of sp³-hybridized carbons (Fsp3) is 0.800. The van der Waals surface area contributed by atoms with Crippen LogP contribution in [0.4, 0.5) is 0 Å². The van der Waals surface area contributed by atoms with Gasteiger partial charge >= 0.3 is 0 Å². The predicted octanol–water partition coefficient (Wildman–Crippen LogP) is 2.28. The first-order chi connectivity index (χ1) is 11.1. The number of ketones is 2. The first-order valence-corrected chi connectivity index (χ1v) is 9.20. The molecule has 24 heavy (non-hydrogen) atoms. The Morgan fingerprint density at radius 2 is 1.79 bits per heavy atom. The monoisotopic (exact) mass is 332 g/mol. The third-order valence-corrected chi connectivity index (χ3v) is 7.98. The van der Waals surface area contributed by atoms with E-state index in [4.69, 9.17) is 0 Å². The van der Waals surface area contributed by atoms with Crippen LogP contribution >= 0.6 is 0 Å². The van der Waals surface area contributed by atoms with Crippen molar-refractivity contribution in [1.29, 1.82) is 0 Å². The van der Waals surface area contributed by atoms with Crippen molar-refractivity contribution < 1.29 is 19.8 Å². The summed E-state index contributed by atoms with van der Waals surface area (Å²) < 4.78 is 0. The van der Waals surface area contributed by atoms with Gasteiger partial charge in [-0.1, -0.05) is 33.8 Å². The zero-order chi connectivity index (χ0) is 17.7. The zero-order valence-corrected chi connectivity index (χ0v) is 14.8. The van der Waals surface area contributed by atoms with Gasteiger partial charge in [0.15, 0.2) is 5.78 Å². The zero-order valence-electron chi connectivity index (χ0n) is 14.8. The summed E-state index contributed by atoms with van der Waals surface area (Å²) >= 11 is 0. The highest BCUT2D eigenvalue weighted by Gasteiger charge is 2.74. The van der Waals surface area contributed by atoms with E-state index in [9.17, 15) is 19.8 Å². The number of fused-ring (bicyclic) bond motifs is 3. The van der Waals surface area contributed by atoms with Crippen LogP contribution in [0.3, 0.4) is 0 Å². The minimum absolute atomic E-state index is 0.0634. The van der Waals surface area contributed by atoms with Gasteiger partial charge in [-0.2, -0.15) is 0 Å². The van der Waals surface area contributed by atoms with E-state index in [1.807, 2.05) is 0 Å². The molecule has 0 aromatic carbocycles. The molecule has 4 rings (SSSR count). The average molecular weight is 332 g/mol. The number of hydrogen-bond donors (Lipinski definition) is 2. The van der Waals surface area contributed by atoms with Gasteiger partial charge in [0.2, 0.25) is 0 Å². The molecule has 4 heteroatoms.